The zero-order valence-corrected chi connectivity index (χ0v) is 17.4. The molecule has 5 nitrogen and oxygen atoms in total. The van der Waals surface area contributed by atoms with Crippen molar-refractivity contribution in [3.63, 3.8) is 0 Å². The summed E-state index contributed by atoms with van der Waals surface area (Å²) in [4.78, 5) is 6.76. The summed E-state index contributed by atoms with van der Waals surface area (Å²) in [7, 11) is 1.78. The summed E-state index contributed by atoms with van der Waals surface area (Å²) in [6.45, 7) is 7.33. The van der Waals surface area contributed by atoms with Crippen LogP contribution >= 0.6 is 11.6 Å². The van der Waals surface area contributed by atoms with Crippen LogP contribution in [0.15, 0.2) is 53.5 Å². The van der Waals surface area contributed by atoms with Crippen molar-refractivity contribution in [3.8, 4) is 0 Å². The zero-order valence-electron chi connectivity index (χ0n) is 16.6. The number of nitrogens with zero attached hydrogens (tertiary/aromatic N) is 2. The molecular formula is C22H29ClN4O. The average Bonchev–Trinajstić information content (AvgIpc) is 2.70. The minimum absolute atomic E-state index is 0.314. The monoisotopic (exact) mass is 400 g/mol. The summed E-state index contributed by atoms with van der Waals surface area (Å²) in [6, 6.07) is 16.5. The highest BCUT2D eigenvalue weighted by molar-refractivity contribution is 6.30. The molecule has 2 N–H and O–H groups in total. The molecule has 28 heavy (non-hydrogen) atoms. The standard InChI is InChI=1S/C22H29ClN4O/c1-17-15-27(10-11-28-17)16-20-5-3-4-19(12-20)14-26-22(24-2)25-13-18-6-8-21(23)9-7-18/h3-9,12,17H,10-11,13-16H2,1-2H3,(H2,24,25,26). The van der Waals surface area contributed by atoms with Crippen molar-refractivity contribution in [1.29, 1.82) is 0 Å². The Morgan fingerprint density at radius 1 is 1.11 bits per heavy atom. The second-order valence-electron chi connectivity index (χ2n) is 7.14. The number of benzene rings is 2. The minimum atomic E-state index is 0.314. The van der Waals surface area contributed by atoms with E-state index in [1.165, 1.54) is 11.1 Å². The van der Waals surface area contributed by atoms with Crippen LogP contribution in [0.5, 0.6) is 0 Å². The van der Waals surface area contributed by atoms with Crippen molar-refractivity contribution in [2.75, 3.05) is 26.7 Å². The van der Waals surface area contributed by atoms with Crippen molar-refractivity contribution < 1.29 is 4.74 Å². The van der Waals surface area contributed by atoms with Gasteiger partial charge in [-0.15, -0.1) is 0 Å². The molecule has 1 saturated heterocycles. The fraction of sp³-hybridized carbons (Fsp3) is 0.409. The third-order valence-corrected chi connectivity index (χ3v) is 5.03. The van der Waals surface area contributed by atoms with E-state index < -0.39 is 0 Å². The minimum Gasteiger partial charge on any atom is -0.376 e. The number of halogens is 1. The third kappa shape index (κ3) is 6.51. The van der Waals surface area contributed by atoms with Gasteiger partial charge in [0, 0.05) is 44.8 Å². The molecule has 0 bridgehead atoms. The Hall–Kier alpha value is -2.08. The van der Waals surface area contributed by atoms with Crippen molar-refractivity contribution >= 4 is 17.6 Å². The lowest BCUT2D eigenvalue weighted by atomic mass is 10.1. The highest BCUT2D eigenvalue weighted by Crippen LogP contribution is 2.12. The highest BCUT2D eigenvalue weighted by Gasteiger charge is 2.16. The van der Waals surface area contributed by atoms with E-state index in [0.717, 1.165) is 49.3 Å². The van der Waals surface area contributed by atoms with Crippen LogP contribution in [0.1, 0.15) is 23.6 Å². The van der Waals surface area contributed by atoms with Crippen LogP contribution in [0.25, 0.3) is 0 Å². The molecule has 2 aromatic carbocycles. The van der Waals surface area contributed by atoms with E-state index in [4.69, 9.17) is 16.3 Å². The first-order chi connectivity index (χ1) is 13.6. The Bertz CT molecular complexity index is 778. The first-order valence-electron chi connectivity index (χ1n) is 9.73. The summed E-state index contributed by atoms with van der Waals surface area (Å²) in [5.41, 5.74) is 3.74. The van der Waals surface area contributed by atoms with E-state index in [2.05, 4.69) is 51.7 Å². The molecule has 0 radical (unpaired) electrons. The second kappa shape index (κ2) is 10.5. The quantitative estimate of drug-likeness (QED) is 0.576. The first kappa shape index (κ1) is 20.6. The molecule has 0 aromatic heterocycles. The molecule has 0 spiro atoms. The number of hydrogen-bond donors (Lipinski definition) is 2. The highest BCUT2D eigenvalue weighted by atomic mass is 35.5. The summed E-state index contributed by atoms with van der Waals surface area (Å²) in [5.74, 6) is 0.780. The number of hydrogen-bond acceptors (Lipinski definition) is 3. The maximum atomic E-state index is 5.93. The topological polar surface area (TPSA) is 48.9 Å². The maximum Gasteiger partial charge on any atom is 0.191 e. The predicted molar refractivity (Wildman–Crippen MR) is 116 cm³/mol. The summed E-state index contributed by atoms with van der Waals surface area (Å²) >= 11 is 5.93. The van der Waals surface area contributed by atoms with E-state index in [1.807, 2.05) is 24.3 Å². The number of aliphatic imine (C=N–C) groups is 1. The Morgan fingerprint density at radius 2 is 1.82 bits per heavy atom. The zero-order chi connectivity index (χ0) is 19.8. The van der Waals surface area contributed by atoms with Crippen LogP contribution in [0.4, 0.5) is 0 Å². The van der Waals surface area contributed by atoms with Crippen molar-refractivity contribution in [2.45, 2.75) is 32.7 Å². The van der Waals surface area contributed by atoms with Crippen LogP contribution in [-0.2, 0) is 24.4 Å². The van der Waals surface area contributed by atoms with Crippen molar-refractivity contribution in [3.05, 3.63) is 70.2 Å². The Kier molecular flexibility index (Phi) is 7.71. The summed E-state index contributed by atoms with van der Waals surface area (Å²) in [6.07, 6.45) is 0.314. The lowest BCUT2D eigenvalue weighted by Crippen LogP contribution is -2.40. The van der Waals surface area contributed by atoms with Gasteiger partial charge in [0.1, 0.15) is 0 Å². The number of rotatable bonds is 6. The molecule has 1 heterocycles. The fourth-order valence-electron chi connectivity index (χ4n) is 3.32. The number of nitrogens with one attached hydrogen (secondary N) is 2. The van der Waals surface area contributed by atoms with E-state index in [1.54, 1.807) is 7.05 Å². The maximum absolute atomic E-state index is 5.93. The van der Waals surface area contributed by atoms with Crippen LogP contribution < -0.4 is 10.6 Å². The molecular weight excluding hydrogens is 372 g/mol. The van der Waals surface area contributed by atoms with E-state index in [9.17, 15) is 0 Å². The Labute approximate surface area is 172 Å². The molecule has 6 heteroatoms. The van der Waals surface area contributed by atoms with Crippen LogP contribution in [-0.4, -0.2) is 43.7 Å². The van der Waals surface area contributed by atoms with Crippen LogP contribution in [0.3, 0.4) is 0 Å². The smallest absolute Gasteiger partial charge is 0.191 e. The molecule has 1 atom stereocenters. The molecule has 3 rings (SSSR count). The molecule has 0 saturated carbocycles. The first-order valence-corrected chi connectivity index (χ1v) is 10.1. The largest absolute Gasteiger partial charge is 0.376 e. The molecule has 150 valence electrons. The molecule has 1 fully saturated rings. The molecule has 1 aliphatic rings. The van der Waals surface area contributed by atoms with Gasteiger partial charge in [-0.25, -0.2) is 0 Å². The number of guanidine groups is 1. The van der Waals surface area contributed by atoms with E-state index >= 15 is 0 Å². The second-order valence-corrected chi connectivity index (χ2v) is 7.58. The summed E-state index contributed by atoms with van der Waals surface area (Å²) in [5, 5.41) is 7.47. The van der Waals surface area contributed by atoms with Crippen molar-refractivity contribution in [1.82, 2.24) is 15.5 Å². The molecule has 1 aliphatic heterocycles. The SMILES string of the molecule is CN=C(NCc1ccc(Cl)cc1)NCc1cccc(CN2CCOC(C)C2)c1. The van der Waals surface area contributed by atoms with E-state index in [-0.39, 0.29) is 0 Å². The van der Waals surface area contributed by atoms with Gasteiger partial charge in [-0.1, -0.05) is 48.0 Å². The van der Waals surface area contributed by atoms with Gasteiger partial charge in [-0.3, -0.25) is 9.89 Å². The fourth-order valence-corrected chi connectivity index (χ4v) is 3.45. The van der Waals surface area contributed by atoms with Gasteiger partial charge >= 0.3 is 0 Å². The van der Waals surface area contributed by atoms with Gasteiger partial charge in [0.2, 0.25) is 0 Å². The van der Waals surface area contributed by atoms with Crippen LogP contribution in [0, 0.1) is 0 Å². The van der Waals surface area contributed by atoms with E-state index in [0.29, 0.717) is 12.6 Å². The average molecular weight is 401 g/mol. The number of ether oxygens (including phenoxy) is 1. The van der Waals surface area contributed by atoms with Gasteiger partial charge in [0.15, 0.2) is 5.96 Å². The van der Waals surface area contributed by atoms with Gasteiger partial charge < -0.3 is 15.4 Å². The molecule has 0 aliphatic carbocycles. The van der Waals surface area contributed by atoms with Crippen molar-refractivity contribution in [2.24, 2.45) is 4.99 Å². The van der Waals surface area contributed by atoms with Gasteiger partial charge in [0.25, 0.3) is 0 Å². The Morgan fingerprint density at radius 3 is 2.54 bits per heavy atom. The van der Waals surface area contributed by atoms with Crippen LogP contribution in [0.2, 0.25) is 5.02 Å². The Balaban J connectivity index is 1.49. The van der Waals surface area contributed by atoms with Gasteiger partial charge in [-0.2, -0.15) is 0 Å². The molecule has 1 unspecified atom stereocenters. The summed E-state index contributed by atoms with van der Waals surface area (Å²) < 4.78 is 5.63. The lowest BCUT2D eigenvalue weighted by Gasteiger charge is -2.31. The van der Waals surface area contributed by atoms with Gasteiger partial charge in [0.05, 0.1) is 12.7 Å². The third-order valence-electron chi connectivity index (χ3n) is 4.78. The van der Waals surface area contributed by atoms with Gasteiger partial charge in [-0.05, 0) is 35.7 Å². The molecule has 0 amide bonds. The normalized spacial score (nSPS) is 18.1. The predicted octanol–water partition coefficient (Wildman–Crippen LogP) is 3.43. The molecule has 2 aromatic rings. The lowest BCUT2D eigenvalue weighted by molar-refractivity contribution is -0.0212. The number of morpholine rings is 1.